The highest BCUT2D eigenvalue weighted by Gasteiger charge is 2.10. The van der Waals surface area contributed by atoms with Gasteiger partial charge in [-0.3, -0.25) is 9.59 Å². The highest BCUT2D eigenvalue weighted by atomic mass is 16.2. The molecule has 0 bridgehead atoms. The Morgan fingerprint density at radius 2 is 1.61 bits per heavy atom. The number of aldehydes is 1. The van der Waals surface area contributed by atoms with E-state index >= 15 is 0 Å². The molecule has 2 aromatic rings. The van der Waals surface area contributed by atoms with E-state index in [1.165, 1.54) is 55.4 Å². The average Bonchev–Trinajstić information content (AvgIpc) is 2.91. The maximum Gasteiger partial charge on any atom is 0.239 e. The van der Waals surface area contributed by atoms with Crippen LogP contribution < -0.4 is 16.4 Å². The van der Waals surface area contributed by atoms with E-state index in [2.05, 4.69) is 60.0 Å². The Labute approximate surface area is 218 Å². The van der Waals surface area contributed by atoms with E-state index in [-0.39, 0.29) is 18.4 Å². The molecule has 2 aromatic carbocycles. The van der Waals surface area contributed by atoms with Gasteiger partial charge in [-0.25, -0.2) is 0 Å². The molecule has 1 aliphatic rings. The number of unbranched alkanes of at least 4 members (excludes halogenated alkanes) is 3. The minimum Gasteiger partial charge on any atom is -0.355 e. The molecule has 36 heavy (non-hydrogen) atoms. The Hall–Kier alpha value is -2.73. The largest absolute Gasteiger partial charge is 0.355 e. The second-order valence-electron chi connectivity index (χ2n) is 8.87. The smallest absolute Gasteiger partial charge is 0.239 e. The Morgan fingerprint density at radius 3 is 2.19 bits per heavy atom. The van der Waals surface area contributed by atoms with Crippen LogP contribution in [0.3, 0.4) is 0 Å². The summed E-state index contributed by atoms with van der Waals surface area (Å²) >= 11 is 0. The molecule has 0 heterocycles. The molecule has 0 spiro atoms. The molecule has 1 aliphatic carbocycles. The summed E-state index contributed by atoms with van der Waals surface area (Å²) in [6, 6.07) is 14.9. The number of hydrogen-bond donors (Lipinski definition) is 3. The van der Waals surface area contributed by atoms with E-state index < -0.39 is 0 Å². The maximum atomic E-state index is 11.1. The Balaban J connectivity index is 0.000000512. The average molecular weight is 500 g/mol. The van der Waals surface area contributed by atoms with E-state index in [1.807, 2.05) is 13.8 Å². The van der Waals surface area contributed by atoms with Crippen LogP contribution in [0.4, 0.5) is 0 Å². The molecule has 0 aliphatic heterocycles. The molecule has 4 N–H and O–H groups in total. The molecule has 0 aromatic heterocycles. The Bertz CT molecular complexity index is 848. The number of hydrogen-bond acceptors (Lipinski definition) is 4. The normalized spacial score (nSPS) is 12.5. The summed E-state index contributed by atoms with van der Waals surface area (Å²) in [5.74, 6) is 0.473. The minimum absolute atomic E-state index is 0.0314. The van der Waals surface area contributed by atoms with Crippen LogP contribution in [0.5, 0.6) is 0 Å². The lowest BCUT2D eigenvalue weighted by molar-refractivity contribution is -0.125. The zero-order valence-corrected chi connectivity index (χ0v) is 23.0. The first-order chi connectivity index (χ1) is 17.5. The summed E-state index contributed by atoms with van der Waals surface area (Å²) in [4.78, 5) is 31.5. The topological polar surface area (TPSA) is 101 Å². The number of nitrogens with one attached hydrogen (secondary N) is 2. The quantitative estimate of drug-likeness (QED) is 0.304. The van der Waals surface area contributed by atoms with Gasteiger partial charge in [-0.05, 0) is 55.8 Å². The van der Waals surface area contributed by atoms with Crippen LogP contribution >= 0.6 is 0 Å². The third-order valence-electron chi connectivity index (χ3n) is 5.78. The molecule has 1 saturated carbocycles. The van der Waals surface area contributed by atoms with Gasteiger partial charge >= 0.3 is 0 Å². The van der Waals surface area contributed by atoms with Crippen molar-refractivity contribution >= 4 is 28.9 Å². The fourth-order valence-electron chi connectivity index (χ4n) is 3.76. The molecule has 202 valence electrons. The van der Waals surface area contributed by atoms with Crippen molar-refractivity contribution in [1.29, 1.82) is 0 Å². The number of fused-ring (bicyclic) bond motifs is 1. The van der Waals surface area contributed by atoms with E-state index in [9.17, 15) is 14.4 Å². The van der Waals surface area contributed by atoms with Gasteiger partial charge in [0.05, 0.1) is 6.54 Å². The van der Waals surface area contributed by atoms with Gasteiger partial charge in [0.1, 0.15) is 6.29 Å². The monoisotopic (exact) mass is 499 g/mol. The first kappa shape index (κ1) is 33.3. The van der Waals surface area contributed by atoms with Crippen molar-refractivity contribution in [3.63, 3.8) is 0 Å². The molecule has 6 heteroatoms. The van der Waals surface area contributed by atoms with Crippen molar-refractivity contribution in [3.8, 4) is 0 Å². The van der Waals surface area contributed by atoms with Crippen LogP contribution in [0.1, 0.15) is 84.1 Å². The fourth-order valence-corrected chi connectivity index (χ4v) is 3.76. The zero-order valence-electron chi connectivity index (χ0n) is 23.0. The third kappa shape index (κ3) is 17.7. The lowest BCUT2D eigenvalue weighted by atomic mass is 9.90. The van der Waals surface area contributed by atoms with Gasteiger partial charge < -0.3 is 21.2 Å². The predicted octanol–water partition coefficient (Wildman–Crippen LogP) is 5.70. The van der Waals surface area contributed by atoms with Crippen LogP contribution in [-0.4, -0.2) is 37.7 Å². The van der Waals surface area contributed by atoms with Crippen molar-refractivity contribution in [3.05, 3.63) is 48.0 Å². The molecule has 3 rings (SSSR count). The molecule has 0 radical (unpaired) electrons. The Morgan fingerprint density at radius 1 is 0.944 bits per heavy atom. The van der Waals surface area contributed by atoms with Crippen molar-refractivity contribution in [2.75, 3.05) is 19.6 Å². The molecule has 6 nitrogen and oxygen atoms in total. The van der Waals surface area contributed by atoms with Crippen LogP contribution in [0, 0.1) is 12.8 Å². The number of carbonyl (C=O) groups excluding carboxylic acids is 3. The van der Waals surface area contributed by atoms with E-state index in [0.717, 1.165) is 38.0 Å². The van der Waals surface area contributed by atoms with Gasteiger partial charge in [-0.1, -0.05) is 87.6 Å². The van der Waals surface area contributed by atoms with E-state index in [0.29, 0.717) is 13.0 Å². The first-order valence-electron chi connectivity index (χ1n) is 13.6. The number of aryl methyl sites for hydroxylation is 1. The van der Waals surface area contributed by atoms with Crippen LogP contribution in [0.2, 0.25) is 0 Å². The number of benzene rings is 2. The zero-order chi connectivity index (χ0) is 27.0. The molecule has 0 atom stereocenters. The van der Waals surface area contributed by atoms with Crippen LogP contribution in [0.25, 0.3) is 10.8 Å². The Kier molecular flexibility index (Phi) is 21.0. The summed E-state index contributed by atoms with van der Waals surface area (Å²) in [5.41, 5.74) is 6.83. The molecule has 2 amide bonds. The van der Waals surface area contributed by atoms with Crippen molar-refractivity contribution in [2.45, 2.75) is 85.5 Å². The van der Waals surface area contributed by atoms with Crippen molar-refractivity contribution < 1.29 is 14.4 Å². The highest BCUT2D eigenvalue weighted by molar-refractivity contribution is 5.83. The van der Waals surface area contributed by atoms with E-state index in [1.54, 1.807) is 0 Å². The van der Waals surface area contributed by atoms with Crippen molar-refractivity contribution in [2.24, 2.45) is 11.7 Å². The summed E-state index contributed by atoms with van der Waals surface area (Å²) in [7, 11) is 0. The lowest BCUT2D eigenvalue weighted by Gasteiger charge is -2.18. The summed E-state index contributed by atoms with van der Waals surface area (Å²) < 4.78 is 0. The first-order valence-corrected chi connectivity index (χ1v) is 13.6. The fraction of sp³-hybridized carbons (Fsp3) is 0.567. The molecule has 0 saturated heterocycles. The minimum atomic E-state index is -0.212. The highest BCUT2D eigenvalue weighted by Crippen LogP contribution is 2.21. The maximum absolute atomic E-state index is 11.1. The standard InChI is InChI=1S/C11H10.C10H18N2O3.C7H15N.C2H6/c1-9-6-7-10-4-2-3-5-11(10)8-9;1-9(14)12-8-10(15)11-6-4-2-3-5-7-13;8-6-7-4-2-1-3-5-7;1-2/h2-8H,1H3;7H,2-6,8H2,1H3,(H,11,15)(H,12,14);7H,1-6,8H2;1-2H3. The molecule has 0 unspecified atom stereocenters. The number of carbonyl (C=O) groups is 3. The van der Waals surface area contributed by atoms with Crippen LogP contribution in [-0.2, 0) is 14.4 Å². The third-order valence-corrected chi connectivity index (χ3v) is 5.78. The lowest BCUT2D eigenvalue weighted by Crippen LogP contribution is -2.36. The van der Waals surface area contributed by atoms with Gasteiger partial charge in [-0.2, -0.15) is 0 Å². The van der Waals surface area contributed by atoms with Crippen molar-refractivity contribution in [1.82, 2.24) is 10.6 Å². The second kappa shape index (κ2) is 22.7. The molecular formula is C30H49N3O3. The van der Waals surface area contributed by atoms with Crippen LogP contribution in [0.15, 0.2) is 42.5 Å². The van der Waals surface area contributed by atoms with Gasteiger partial charge in [0, 0.05) is 19.9 Å². The molecular weight excluding hydrogens is 450 g/mol. The number of amides is 2. The summed E-state index contributed by atoms with van der Waals surface area (Å²) in [6.07, 6.45) is 11.2. The summed E-state index contributed by atoms with van der Waals surface area (Å²) in [5, 5.41) is 7.73. The van der Waals surface area contributed by atoms with Gasteiger partial charge in [0.2, 0.25) is 11.8 Å². The molecule has 1 fully saturated rings. The van der Waals surface area contributed by atoms with Gasteiger partial charge in [0.25, 0.3) is 0 Å². The number of rotatable bonds is 9. The van der Waals surface area contributed by atoms with E-state index in [4.69, 9.17) is 5.73 Å². The number of nitrogens with two attached hydrogens (primary N) is 1. The van der Waals surface area contributed by atoms with Gasteiger partial charge in [-0.15, -0.1) is 0 Å². The summed E-state index contributed by atoms with van der Waals surface area (Å²) in [6.45, 7) is 9.03. The second-order valence-corrected chi connectivity index (χ2v) is 8.87. The van der Waals surface area contributed by atoms with Gasteiger partial charge in [0.15, 0.2) is 0 Å². The SMILES string of the molecule is CC.CC(=O)NCC(=O)NCCCCCC=O.Cc1ccc2ccccc2c1.NCC1CCCCC1. The predicted molar refractivity (Wildman–Crippen MR) is 152 cm³/mol.